The third kappa shape index (κ3) is 4.01. The summed E-state index contributed by atoms with van der Waals surface area (Å²) in [7, 11) is 0. The van der Waals surface area contributed by atoms with Crippen molar-refractivity contribution in [1.82, 2.24) is 15.4 Å². The molecule has 1 amide bonds. The molecule has 3 aromatic rings. The van der Waals surface area contributed by atoms with E-state index in [1.807, 2.05) is 42.7 Å². The maximum absolute atomic E-state index is 12.6. The van der Waals surface area contributed by atoms with E-state index in [-0.39, 0.29) is 17.2 Å². The first-order valence-electron chi connectivity index (χ1n) is 10.6. The molecule has 2 unspecified atom stereocenters. The van der Waals surface area contributed by atoms with Crippen molar-refractivity contribution < 1.29 is 9.53 Å². The number of nitrogens with zero attached hydrogens (tertiary/aromatic N) is 4. The molecular formula is C24H25N5O2. The van der Waals surface area contributed by atoms with Crippen LogP contribution in [0.25, 0.3) is 10.8 Å². The molecule has 7 nitrogen and oxygen atoms in total. The second-order valence-corrected chi connectivity index (χ2v) is 8.40. The Hall–Kier alpha value is -3.32. The molecule has 0 radical (unpaired) electrons. The molecular weight excluding hydrogens is 390 g/mol. The molecule has 2 fully saturated rings. The van der Waals surface area contributed by atoms with Crippen molar-refractivity contribution in [1.29, 1.82) is 0 Å². The van der Waals surface area contributed by atoms with Crippen LogP contribution in [0.4, 0.5) is 5.82 Å². The number of anilines is 1. The first-order chi connectivity index (χ1) is 15.1. The van der Waals surface area contributed by atoms with Gasteiger partial charge in [-0.3, -0.25) is 9.78 Å². The number of benzene rings is 1. The van der Waals surface area contributed by atoms with Crippen LogP contribution in [0.3, 0.4) is 0 Å². The topological polar surface area (TPSA) is 79.7 Å². The van der Waals surface area contributed by atoms with Gasteiger partial charge in [0.1, 0.15) is 5.82 Å². The maximum atomic E-state index is 12.6. The largest absolute Gasteiger partial charge is 0.378 e. The molecule has 1 aromatic carbocycles. The van der Waals surface area contributed by atoms with E-state index in [0.717, 1.165) is 60.4 Å². The monoisotopic (exact) mass is 415 g/mol. The van der Waals surface area contributed by atoms with Crippen molar-refractivity contribution in [3.05, 3.63) is 66.1 Å². The number of ether oxygens (including phenoxy) is 1. The number of aromatic nitrogens is 2. The van der Waals surface area contributed by atoms with E-state index in [0.29, 0.717) is 0 Å². The van der Waals surface area contributed by atoms with Crippen LogP contribution in [-0.4, -0.2) is 48.4 Å². The van der Waals surface area contributed by atoms with Crippen LogP contribution in [0.5, 0.6) is 0 Å². The summed E-state index contributed by atoms with van der Waals surface area (Å²) in [5.74, 6) is 0.817. The zero-order chi connectivity index (χ0) is 21.3. The van der Waals surface area contributed by atoms with Crippen LogP contribution in [0.15, 0.2) is 60.1 Å². The normalized spacial score (nSPS) is 23.3. The number of fused-ring (bicyclic) bond motifs is 1. The Morgan fingerprint density at radius 2 is 2.06 bits per heavy atom. The number of morpholine rings is 1. The highest BCUT2D eigenvalue weighted by Gasteiger charge is 2.55. The first-order valence-corrected chi connectivity index (χ1v) is 10.6. The third-order valence-electron chi connectivity index (χ3n) is 6.35. The lowest BCUT2D eigenvalue weighted by atomic mass is 9.97. The Kier molecular flexibility index (Phi) is 5.11. The lowest BCUT2D eigenvalue weighted by Gasteiger charge is -2.28. The Balaban J connectivity index is 1.20. The second-order valence-electron chi connectivity index (χ2n) is 8.40. The van der Waals surface area contributed by atoms with Gasteiger partial charge in [-0.05, 0) is 41.1 Å². The van der Waals surface area contributed by atoms with E-state index in [4.69, 9.17) is 4.74 Å². The molecule has 1 aliphatic carbocycles. The van der Waals surface area contributed by atoms with Gasteiger partial charge in [0.15, 0.2) is 0 Å². The van der Waals surface area contributed by atoms with Gasteiger partial charge in [0.05, 0.1) is 25.3 Å². The van der Waals surface area contributed by atoms with Gasteiger partial charge in [-0.2, -0.15) is 5.10 Å². The fourth-order valence-electron chi connectivity index (χ4n) is 4.20. The van der Waals surface area contributed by atoms with Gasteiger partial charge in [0.2, 0.25) is 5.91 Å². The molecule has 1 saturated carbocycles. The molecule has 31 heavy (non-hydrogen) atoms. The number of hydrazone groups is 1. The Bertz CT molecular complexity index is 1120. The molecule has 0 bridgehead atoms. The number of nitrogens with one attached hydrogen (secondary N) is 1. The minimum atomic E-state index is -0.188. The predicted octanol–water partition coefficient (Wildman–Crippen LogP) is 2.89. The smallest absolute Gasteiger partial charge is 0.244 e. The van der Waals surface area contributed by atoms with E-state index in [1.165, 1.54) is 0 Å². The van der Waals surface area contributed by atoms with Crippen LogP contribution < -0.4 is 10.3 Å². The van der Waals surface area contributed by atoms with Gasteiger partial charge < -0.3 is 9.64 Å². The van der Waals surface area contributed by atoms with Gasteiger partial charge in [-0.15, -0.1) is 0 Å². The minimum Gasteiger partial charge on any atom is -0.378 e. The van der Waals surface area contributed by atoms with Gasteiger partial charge >= 0.3 is 0 Å². The molecule has 1 saturated heterocycles. The fourth-order valence-corrected chi connectivity index (χ4v) is 4.20. The van der Waals surface area contributed by atoms with Crippen molar-refractivity contribution in [2.45, 2.75) is 18.8 Å². The van der Waals surface area contributed by atoms with E-state index in [9.17, 15) is 4.79 Å². The number of amides is 1. The summed E-state index contributed by atoms with van der Waals surface area (Å²) in [5.41, 5.74) is 4.54. The van der Waals surface area contributed by atoms with Crippen LogP contribution >= 0.6 is 0 Å². The van der Waals surface area contributed by atoms with Crippen molar-refractivity contribution in [2.24, 2.45) is 11.0 Å². The second kappa shape index (κ2) is 8.07. The average Bonchev–Trinajstić information content (AvgIpc) is 3.52. The SMILES string of the molecule is CC1(c2ccc(N3CCOCC3)nc2)CC1C(=O)N/N=C/c1ccc2cnccc2c1. The summed E-state index contributed by atoms with van der Waals surface area (Å²) < 4.78 is 5.40. The summed E-state index contributed by atoms with van der Waals surface area (Å²) in [6.07, 6.45) is 7.98. The first kappa shape index (κ1) is 19.6. The highest BCUT2D eigenvalue weighted by molar-refractivity contribution is 5.91. The summed E-state index contributed by atoms with van der Waals surface area (Å²) >= 11 is 0. The summed E-state index contributed by atoms with van der Waals surface area (Å²) in [6.45, 7) is 5.31. The zero-order valence-corrected chi connectivity index (χ0v) is 17.5. The third-order valence-corrected chi connectivity index (χ3v) is 6.35. The van der Waals surface area contributed by atoms with Crippen molar-refractivity contribution in [3.8, 4) is 0 Å². The molecule has 1 N–H and O–H groups in total. The highest BCUT2D eigenvalue weighted by Crippen LogP contribution is 2.54. The van der Waals surface area contributed by atoms with E-state index < -0.39 is 0 Å². The Morgan fingerprint density at radius 1 is 1.19 bits per heavy atom. The number of carbonyl (C=O) groups is 1. The number of pyridine rings is 2. The molecule has 158 valence electrons. The van der Waals surface area contributed by atoms with E-state index in [2.05, 4.69) is 38.4 Å². The van der Waals surface area contributed by atoms with Gasteiger partial charge in [0, 0.05) is 42.5 Å². The van der Waals surface area contributed by atoms with Crippen molar-refractivity contribution in [3.63, 3.8) is 0 Å². The fraction of sp³-hybridized carbons (Fsp3) is 0.333. The predicted molar refractivity (Wildman–Crippen MR) is 120 cm³/mol. The van der Waals surface area contributed by atoms with Crippen LogP contribution in [0, 0.1) is 5.92 Å². The van der Waals surface area contributed by atoms with Crippen LogP contribution in [-0.2, 0) is 14.9 Å². The molecule has 2 aliphatic rings. The van der Waals surface area contributed by atoms with Crippen LogP contribution in [0.2, 0.25) is 0 Å². The number of carbonyl (C=O) groups excluding carboxylic acids is 1. The number of hydrogen-bond donors (Lipinski definition) is 1. The van der Waals surface area contributed by atoms with Gasteiger partial charge in [-0.1, -0.05) is 25.1 Å². The van der Waals surface area contributed by atoms with Crippen molar-refractivity contribution in [2.75, 3.05) is 31.2 Å². The summed E-state index contributed by atoms with van der Waals surface area (Å²) in [4.78, 5) is 23.6. The highest BCUT2D eigenvalue weighted by atomic mass is 16.5. The molecule has 2 aromatic heterocycles. The summed E-state index contributed by atoms with van der Waals surface area (Å²) in [5, 5.41) is 6.34. The maximum Gasteiger partial charge on any atom is 0.244 e. The lowest BCUT2D eigenvalue weighted by Crippen LogP contribution is -2.36. The molecule has 7 heteroatoms. The Labute approximate surface area is 181 Å². The summed E-state index contributed by atoms with van der Waals surface area (Å²) in [6, 6.07) is 12.1. The minimum absolute atomic E-state index is 0.0546. The quantitative estimate of drug-likeness (QED) is 0.512. The number of rotatable bonds is 5. The molecule has 5 rings (SSSR count). The van der Waals surface area contributed by atoms with Crippen molar-refractivity contribution >= 4 is 28.7 Å². The lowest BCUT2D eigenvalue weighted by molar-refractivity contribution is -0.122. The van der Waals surface area contributed by atoms with E-state index >= 15 is 0 Å². The molecule has 3 heterocycles. The van der Waals surface area contributed by atoms with Gasteiger partial charge in [-0.25, -0.2) is 10.4 Å². The average molecular weight is 415 g/mol. The standard InChI is InChI=1S/C24H25N5O2/c1-24(20-4-5-22(26-16-20)29-8-10-31-11-9-29)13-21(24)23(30)28-27-14-17-2-3-19-15-25-7-6-18(19)12-17/h2-7,12,14-16,21H,8-11,13H2,1H3,(H,28,30)/b27-14+. The molecule has 2 atom stereocenters. The Morgan fingerprint density at radius 3 is 2.87 bits per heavy atom. The zero-order valence-electron chi connectivity index (χ0n) is 17.5. The van der Waals surface area contributed by atoms with Gasteiger partial charge in [0.25, 0.3) is 0 Å². The van der Waals surface area contributed by atoms with E-state index in [1.54, 1.807) is 12.4 Å². The molecule has 0 spiro atoms. The number of hydrogen-bond acceptors (Lipinski definition) is 6. The molecule has 1 aliphatic heterocycles. The van der Waals surface area contributed by atoms with Crippen LogP contribution in [0.1, 0.15) is 24.5 Å².